The van der Waals surface area contributed by atoms with Gasteiger partial charge in [0.15, 0.2) is 0 Å². The summed E-state index contributed by atoms with van der Waals surface area (Å²) in [5.74, 6) is 1.05. The average molecular weight is 339 g/mol. The van der Waals surface area contributed by atoms with Crippen molar-refractivity contribution >= 4 is 15.9 Å². The lowest BCUT2D eigenvalue weighted by atomic mass is 9.75. The molecule has 0 amide bonds. The molecule has 1 fully saturated rings. The lowest BCUT2D eigenvalue weighted by Crippen LogP contribution is -2.57. The second kappa shape index (κ2) is 5.66. The molecule has 0 bridgehead atoms. The summed E-state index contributed by atoms with van der Waals surface area (Å²) in [6.07, 6.45) is 5.27. The van der Waals surface area contributed by atoms with Crippen molar-refractivity contribution in [1.29, 1.82) is 0 Å². The molecule has 0 radical (unpaired) electrons. The minimum Gasteiger partial charge on any atom is -0.488 e. The molecule has 1 aliphatic heterocycles. The molecule has 20 heavy (non-hydrogen) atoms. The van der Waals surface area contributed by atoms with Crippen LogP contribution < -0.4 is 10.1 Å². The first-order chi connectivity index (χ1) is 9.59. The summed E-state index contributed by atoms with van der Waals surface area (Å²) in [4.78, 5) is 2.38. The van der Waals surface area contributed by atoms with Gasteiger partial charge in [0.25, 0.3) is 0 Å². The molecule has 0 aromatic heterocycles. The van der Waals surface area contributed by atoms with E-state index in [1.807, 2.05) is 6.07 Å². The fourth-order valence-corrected chi connectivity index (χ4v) is 3.64. The highest BCUT2D eigenvalue weighted by molar-refractivity contribution is 9.10. The number of halogens is 1. The Morgan fingerprint density at radius 3 is 2.85 bits per heavy atom. The van der Waals surface area contributed by atoms with Crippen molar-refractivity contribution in [1.82, 2.24) is 10.2 Å². The normalized spacial score (nSPS) is 23.3. The van der Waals surface area contributed by atoms with E-state index in [9.17, 15) is 0 Å². The van der Waals surface area contributed by atoms with Crippen LogP contribution in [-0.2, 0) is 6.42 Å². The van der Waals surface area contributed by atoms with Crippen molar-refractivity contribution in [2.75, 3.05) is 27.2 Å². The van der Waals surface area contributed by atoms with E-state index in [2.05, 4.69) is 52.4 Å². The summed E-state index contributed by atoms with van der Waals surface area (Å²) < 4.78 is 7.13. The zero-order valence-corrected chi connectivity index (χ0v) is 13.9. The van der Waals surface area contributed by atoms with Gasteiger partial charge in [-0.25, -0.2) is 0 Å². The minimum atomic E-state index is 0.276. The van der Waals surface area contributed by atoms with Crippen molar-refractivity contribution in [3.8, 4) is 5.75 Å². The standard InChI is InChI=1S/C16H23BrN2O/c1-19(2)16(6-3-7-16)11-18-10-14-9-12-8-13(17)4-5-15(12)20-14/h4-5,8,14,18H,3,6-7,9-11H2,1-2H3. The van der Waals surface area contributed by atoms with E-state index in [1.165, 1.54) is 24.8 Å². The summed E-state index contributed by atoms with van der Waals surface area (Å²) in [5, 5.41) is 3.62. The first-order valence-electron chi connectivity index (χ1n) is 7.42. The lowest BCUT2D eigenvalue weighted by molar-refractivity contribution is 0.0575. The SMILES string of the molecule is CN(C)C1(CNCC2Cc3cc(Br)ccc3O2)CCC1. The third-order valence-corrected chi connectivity index (χ3v) is 5.32. The molecule has 0 saturated heterocycles. The Balaban J connectivity index is 1.49. The third kappa shape index (κ3) is 2.74. The first kappa shape index (κ1) is 14.4. The van der Waals surface area contributed by atoms with Gasteiger partial charge in [-0.1, -0.05) is 15.9 Å². The maximum absolute atomic E-state index is 5.99. The number of benzene rings is 1. The predicted octanol–water partition coefficient (Wildman–Crippen LogP) is 2.83. The quantitative estimate of drug-likeness (QED) is 0.893. The Labute approximate surface area is 129 Å². The number of likely N-dealkylation sites (N-methyl/N-ethyl adjacent to an activating group) is 1. The maximum Gasteiger partial charge on any atom is 0.123 e. The van der Waals surface area contributed by atoms with Crippen LogP contribution in [0, 0.1) is 0 Å². The Morgan fingerprint density at radius 1 is 1.40 bits per heavy atom. The van der Waals surface area contributed by atoms with Gasteiger partial charge in [-0.3, -0.25) is 0 Å². The molecule has 110 valence electrons. The van der Waals surface area contributed by atoms with E-state index in [1.54, 1.807) is 0 Å². The van der Waals surface area contributed by atoms with Gasteiger partial charge in [-0.2, -0.15) is 0 Å². The summed E-state index contributed by atoms with van der Waals surface area (Å²) in [6.45, 7) is 2.00. The molecule has 1 aromatic carbocycles. The van der Waals surface area contributed by atoms with Gasteiger partial charge in [0.2, 0.25) is 0 Å². The molecule has 2 aliphatic rings. The van der Waals surface area contributed by atoms with Gasteiger partial charge in [-0.15, -0.1) is 0 Å². The highest BCUT2D eigenvalue weighted by atomic mass is 79.9. The zero-order valence-electron chi connectivity index (χ0n) is 12.3. The monoisotopic (exact) mass is 338 g/mol. The number of hydrogen-bond donors (Lipinski definition) is 1. The molecule has 1 atom stereocenters. The van der Waals surface area contributed by atoms with E-state index in [0.717, 1.165) is 29.7 Å². The topological polar surface area (TPSA) is 24.5 Å². The number of nitrogens with zero attached hydrogens (tertiary/aromatic N) is 1. The molecule has 0 spiro atoms. The van der Waals surface area contributed by atoms with Crippen LogP contribution in [0.1, 0.15) is 24.8 Å². The number of ether oxygens (including phenoxy) is 1. The predicted molar refractivity (Wildman–Crippen MR) is 85.4 cm³/mol. The molecule has 1 aromatic rings. The van der Waals surface area contributed by atoms with Crippen molar-refractivity contribution in [2.45, 2.75) is 37.3 Å². The second-order valence-corrected chi connectivity index (χ2v) is 7.21. The lowest BCUT2D eigenvalue weighted by Gasteiger charge is -2.47. The molecule has 1 heterocycles. The van der Waals surface area contributed by atoms with Crippen LogP contribution in [0.15, 0.2) is 22.7 Å². The average Bonchev–Trinajstić information content (AvgIpc) is 2.73. The number of rotatable bonds is 5. The fraction of sp³-hybridized carbons (Fsp3) is 0.625. The molecule has 1 unspecified atom stereocenters. The second-order valence-electron chi connectivity index (χ2n) is 6.30. The van der Waals surface area contributed by atoms with Gasteiger partial charge in [0.05, 0.1) is 0 Å². The summed E-state index contributed by atoms with van der Waals surface area (Å²) >= 11 is 3.52. The fourth-order valence-electron chi connectivity index (χ4n) is 3.24. The van der Waals surface area contributed by atoms with Crippen LogP contribution in [0.5, 0.6) is 5.75 Å². The Kier molecular flexibility index (Phi) is 4.07. The van der Waals surface area contributed by atoms with Crippen molar-refractivity contribution in [3.05, 3.63) is 28.2 Å². The van der Waals surface area contributed by atoms with Gasteiger partial charge in [0.1, 0.15) is 11.9 Å². The van der Waals surface area contributed by atoms with Gasteiger partial charge >= 0.3 is 0 Å². The van der Waals surface area contributed by atoms with E-state index >= 15 is 0 Å². The Hall–Kier alpha value is -0.580. The summed E-state index contributed by atoms with van der Waals surface area (Å²) in [5.41, 5.74) is 1.70. The van der Waals surface area contributed by atoms with Crippen LogP contribution in [0.4, 0.5) is 0 Å². The number of hydrogen-bond acceptors (Lipinski definition) is 3. The molecule has 3 rings (SSSR count). The van der Waals surface area contributed by atoms with Crippen LogP contribution in [0.25, 0.3) is 0 Å². The molecule has 1 aliphatic carbocycles. The van der Waals surface area contributed by atoms with Crippen molar-refractivity contribution in [3.63, 3.8) is 0 Å². The molecular formula is C16H23BrN2O. The summed E-state index contributed by atoms with van der Waals surface area (Å²) in [7, 11) is 4.39. The van der Waals surface area contributed by atoms with Gasteiger partial charge in [0, 0.05) is 29.5 Å². The highest BCUT2D eigenvalue weighted by Crippen LogP contribution is 2.35. The molecule has 1 saturated carbocycles. The molecule has 1 N–H and O–H groups in total. The Morgan fingerprint density at radius 2 is 2.20 bits per heavy atom. The smallest absolute Gasteiger partial charge is 0.123 e. The largest absolute Gasteiger partial charge is 0.488 e. The Bertz CT molecular complexity index is 485. The van der Waals surface area contributed by atoms with Crippen LogP contribution >= 0.6 is 15.9 Å². The highest BCUT2D eigenvalue weighted by Gasteiger charge is 2.38. The minimum absolute atomic E-state index is 0.276. The van der Waals surface area contributed by atoms with E-state index in [-0.39, 0.29) is 6.10 Å². The van der Waals surface area contributed by atoms with Crippen LogP contribution in [0.2, 0.25) is 0 Å². The first-order valence-corrected chi connectivity index (χ1v) is 8.22. The van der Waals surface area contributed by atoms with Crippen LogP contribution in [0.3, 0.4) is 0 Å². The third-order valence-electron chi connectivity index (χ3n) is 4.82. The van der Waals surface area contributed by atoms with Crippen LogP contribution in [-0.4, -0.2) is 43.7 Å². The van der Waals surface area contributed by atoms with E-state index in [4.69, 9.17) is 4.74 Å². The van der Waals surface area contributed by atoms with Crippen molar-refractivity contribution in [2.24, 2.45) is 0 Å². The molecule has 3 nitrogen and oxygen atoms in total. The van der Waals surface area contributed by atoms with Crippen molar-refractivity contribution < 1.29 is 4.74 Å². The zero-order chi connectivity index (χ0) is 14.2. The van der Waals surface area contributed by atoms with Gasteiger partial charge in [-0.05, 0) is 57.1 Å². The summed E-state index contributed by atoms with van der Waals surface area (Å²) in [6, 6.07) is 6.28. The number of fused-ring (bicyclic) bond motifs is 1. The van der Waals surface area contributed by atoms with Gasteiger partial charge < -0.3 is 15.0 Å². The molecule has 4 heteroatoms. The van der Waals surface area contributed by atoms with E-state index in [0.29, 0.717) is 5.54 Å². The maximum atomic E-state index is 5.99. The number of nitrogens with one attached hydrogen (secondary N) is 1. The van der Waals surface area contributed by atoms with E-state index < -0.39 is 0 Å². The molecular weight excluding hydrogens is 316 g/mol.